The van der Waals surface area contributed by atoms with Gasteiger partial charge in [0.25, 0.3) is 0 Å². The number of fused-ring (bicyclic) bond motifs is 1. The van der Waals surface area contributed by atoms with Gasteiger partial charge < -0.3 is 5.32 Å². The quantitative estimate of drug-likeness (QED) is 0.901. The summed E-state index contributed by atoms with van der Waals surface area (Å²) in [4.78, 5) is 13.5. The van der Waals surface area contributed by atoms with E-state index < -0.39 is 0 Å². The highest BCUT2D eigenvalue weighted by atomic mass is 32.2. The van der Waals surface area contributed by atoms with Crippen LogP contribution in [0.4, 0.5) is 5.69 Å². The molecule has 2 aromatic rings. The lowest BCUT2D eigenvalue weighted by Crippen LogP contribution is -2.24. The smallest absolute Gasteiger partial charge is 0.238 e. The Morgan fingerprint density at radius 2 is 2.00 bits per heavy atom. The van der Waals surface area contributed by atoms with Gasteiger partial charge >= 0.3 is 0 Å². The predicted octanol–water partition coefficient (Wildman–Crippen LogP) is 3.65. The second-order valence-corrected chi connectivity index (χ2v) is 6.02. The van der Waals surface area contributed by atoms with Gasteiger partial charge in [0, 0.05) is 10.6 Å². The number of benzene rings is 2. The molecule has 1 atom stereocenters. The Morgan fingerprint density at radius 3 is 2.79 bits per heavy atom. The lowest BCUT2D eigenvalue weighted by atomic mass is 10.1. The average molecular weight is 269 g/mol. The Balaban J connectivity index is 1.71. The molecular weight excluding hydrogens is 254 g/mol. The zero-order valence-corrected chi connectivity index (χ0v) is 11.5. The molecule has 1 amide bonds. The minimum Gasteiger partial charge on any atom is -0.325 e. The van der Waals surface area contributed by atoms with Crippen molar-refractivity contribution < 1.29 is 4.79 Å². The predicted molar refractivity (Wildman–Crippen MR) is 79.6 cm³/mol. The van der Waals surface area contributed by atoms with Crippen LogP contribution in [-0.2, 0) is 11.2 Å². The summed E-state index contributed by atoms with van der Waals surface area (Å²) < 4.78 is 0. The van der Waals surface area contributed by atoms with Gasteiger partial charge in [0.2, 0.25) is 5.91 Å². The number of aryl methyl sites for hydroxylation is 1. The molecule has 0 saturated carbocycles. The van der Waals surface area contributed by atoms with E-state index in [1.807, 2.05) is 30.3 Å². The standard InChI is InChI=1S/C16H15NOS/c1-11-7-8-12-10-15(19-14(12)9-11)16(18)17-13-5-3-2-4-6-13/h2-9,15H,10H2,1H3,(H,17,18)/t15-/m1/s1. The van der Waals surface area contributed by atoms with Gasteiger partial charge in [-0.3, -0.25) is 4.79 Å². The molecule has 0 unspecified atom stereocenters. The van der Waals surface area contributed by atoms with Crippen molar-refractivity contribution in [2.75, 3.05) is 5.32 Å². The molecule has 1 N–H and O–H groups in total. The van der Waals surface area contributed by atoms with E-state index in [-0.39, 0.29) is 11.2 Å². The summed E-state index contributed by atoms with van der Waals surface area (Å²) in [6, 6.07) is 16.0. The van der Waals surface area contributed by atoms with Gasteiger partial charge in [-0.25, -0.2) is 0 Å². The lowest BCUT2D eigenvalue weighted by Gasteiger charge is -2.09. The second kappa shape index (κ2) is 5.10. The molecule has 96 valence electrons. The molecule has 2 nitrogen and oxygen atoms in total. The third-order valence-electron chi connectivity index (χ3n) is 3.23. The number of thioether (sulfide) groups is 1. The fourth-order valence-corrected chi connectivity index (χ4v) is 3.52. The fraction of sp³-hybridized carbons (Fsp3) is 0.188. The average Bonchev–Trinajstić information content (AvgIpc) is 2.83. The molecular formula is C16H15NOS. The SMILES string of the molecule is Cc1ccc2c(c1)S[C@@H](C(=O)Nc1ccccc1)C2. The van der Waals surface area contributed by atoms with Crippen LogP contribution in [0.3, 0.4) is 0 Å². The van der Waals surface area contributed by atoms with Crippen LogP contribution in [0.1, 0.15) is 11.1 Å². The Hall–Kier alpha value is -1.74. The molecule has 1 aliphatic rings. The van der Waals surface area contributed by atoms with Crippen LogP contribution in [0.2, 0.25) is 0 Å². The van der Waals surface area contributed by atoms with Crippen LogP contribution in [0, 0.1) is 6.92 Å². The number of anilines is 1. The van der Waals surface area contributed by atoms with E-state index in [0.29, 0.717) is 0 Å². The fourth-order valence-electron chi connectivity index (χ4n) is 2.23. The van der Waals surface area contributed by atoms with Crippen LogP contribution >= 0.6 is 11.8 Å². The number of rotatable bonds is 2. The van der Waals surface area contributed by atoms with Crippen molar-refractivity contribution in [2.45, 2.75) is 23.5 Å². The van der Waals surface area contributed by atoms with E-state index >= 15 is 0 Å². The highest BCUT2D eigenvalue weighted by Gasteiger charge is 2.28. The second-order valence-electron chi connectivity index (χ2n) is 4.78. The number of para-hydroxylation sites is 1. The molecule has 0 aliphatic carbocycles. The summed E-state index contributed by atoms with van der Waals surface area (Å²) in [5, 5.41) is 2.96. The Bertz CT molecular complexity index is 609. The number of amides is 1. The molecule has 0 fully saturated rings. The van der Waals surface area contributed by atoms with E-state index in [1.165, 1.54) is 16.0 Å². The van der Waals surface area contributed by atoms with Crippen molar-refractivity contribution in [1.82, 2.24) is 0 Å². The normalized spacial score (nSPS) is 17.0. The summed E-state index contributed by atoms with van der Waals surface area (Å²) in [5.41, 5.74) is 3.39. The van der Waals surface area contributed by atoms with Crippen LogP contribution in [0.25, 0.3) is 0 Å². The summed E-state index contributed by atoms with van der Waals surface area (Å²) in [7, 11) is 0. The number of nitrogens with one attached hydrogen (secondary N) is 1. The molecule has 1 aliphatic heterocycles. The molecule has 0 saturated heterocycles. The maximum Gasteiger partial charge on any atom is 0.238 e. The van der Waals surface area contributed by atoms with Crippen molar-refractivity contribution in [3.05, 3.63) is 59.7 Å². The van der Waals surface area contributed by atoms with Crippen LogP contribution in [-0.4, -0.2) is 11.2 Å². The van der Waals surface area contributed by atoms with E-state index in [4.69, 9.17) is 0 Å². The Morgan fingerprint density at radius 1 is 1.21 bits per heavy atom. The summed E-state index contributed by atoms with van der Waals surface area (Å²) in [6.45, 7) is 2.08. The summed E-state index contributed by atoms with van der Waals surface area (Å²) in [6.07, 6.45) is 0.818. The van der Waals surface area contributed by atoms with E-state index in [9.17, 15) is 4.79 Å². The molecule has 0 aromatic heterocycles. The number of hydrogen-bond acceptors (Lipinski definition) is 2. The monoisotopic (exact) mass is 269 g/mol. The molecule has 0 radical (unpaired) electrons. The maximum absolute atomic E-state index is 12.2. The topological polar surface area (TPSA) is 29.1 Å². The van der Waals surface area contributed by atoms with Crippen LogP contribution < -0.4 is 5.32 Å². The molecule has 0 bridgehead atoms. The maximum atomic E-state index is 12.2. The van der Waals surface area contributed by atoms with Crippen molar-refractivity contribution in [1.29, 1.82) is 0 Å². The highest BCUT2D eigenvalue weighted by Crippen LogP contribution is 2.37. The minimum atomic E-state index is -0.0167. The third-order valence-corrected chi connectivity index (χ3v) is 4.53. The van der Waals surface area contributed by atoms with Crippen LogP contribution in [0.15, 0.2) is 53.4 Å². The van der Waals surface area contributed by atoms with Crippen molar-refractivity contribution in [3.63, 3.8) is 0 Å². The van der Waals surface area contributed by atoms with Crippen LogP contribution in [0.5, 0.6) is 0 Å². The first-order valence-corrected chi connectivity index (χ1v) is 7.22. The van der Waals surface area contributed by atoms with Crippen molar-refractivity contribution >= 4 is 23.4 Å². The largest absolute Gasteiger partial charge is 0.325 e. The minimum absolute atomic E-state index is 0.0167. The first kappa shape index (κ1) is 12.3. The number of carbonyl (C=O) groups excluding carboxylic acids is 1. The van der Waals surface area contributed by atoms with E-state index in [1.54, 1.807) is 11.8 Å². The summed E-state index contributed by atoms with van der Waals surface area (Å²) >= 11 is 1.67. The van der Waals surface area contributed by atoms with Gasteiger partial charge in [-0.2, -0.15) is 0 Å². The molecule has 0 spiro atoms. The van der Waals surface area contributed by atoms with E-state index in [2.05, 4.69) is 30.4 Å². The zero-order valence-electron chi connectivity index (χ0n) is 10.7. The Kier molecular flexibility index (Phi) is 3.30. The molecule has 19 heavy (non-hydrogen) atoms. The highest BCUT2D eigenvalue weighted by molar-refractivity contribution is 8.01. The van der Waals surface area contributed by atoms with Crippen molar-refractivity contribution in [3.8, 4) is 0 Å². The molecule has 2 aromatic carbocycles. The molecule has 3 rings (SSSR count). The van der Waals surface area contributed by atoms with Gasteiger partial charge in [-0.15, -0.1) is 11.8 Å². The number of carbonyl (C=O) groups is 1. The molecule has 3 heteroatoms. The Labute approximate surface area is 117 Å². The summed E-state index contributed by atoms with van der Waals surface area (Å²) in [5.74, 6) is 0.0880. The van der Waals surface area contributed by atoms with Gasteiger partial charge in [0.05, 0.1) is 5.25 Å². The molecule has 1 heterocycles. The first-order valence-electron chi connectivity index (χ1n) is 6.34. The van der Waals surface area contributed by atoms with Gasteiger partial charge in [0.15, 0.2) is 0 Å². The third kappa shape index (κ3) is 2.66. The van der Waals surface area contributed by atoms with Gasteiger partial charge in [-0.05, 0) is 37.1 Å². The first-order chi connectivity index (χ1) is 9.22. The van der Waals surface area contributed by atoms with Gasteiger partial charge in [-0.1, -0.05) is 35.9 Å². The number of hydrogen-bond donors (Lipinski definition) is 1. The van der Waals surface area contributed by atoms with Gasteiger partial charge in [0.1, 0.15) is 0 Å². The van der Waals surface area contributed by atoms with E-state index in [0.717, 1.165) is 12.1 Å². The van der Waals surface area contributed by atoms with Crippen molar-refractivity contribution in [2.24, 2.45) is 0 Å². The lowest BCUT2D eigenvalue weighted by molar-refractivity contribution is -0.115. The zero-order chi connectivity index (χ0) is 13.2.